The van der Waals surface area contributed by atoms with Crippen molar-refractivity contribution in [2.24, 2.45) is 0 Å². The van der Waals surface area contributed by atoms with Crippen LogP contribution in [-0.2, 0) is 6.42 Å². The van der Waals surface area contributed by atoms with E-state index >= 15 is 0 Å². The Labute approximate surface area is 94.9 Å². The van der Waals surface area contributed by atoms with Crippen LogP contribution >= 0.6 is 0 Å². The van der Waals surface area contributed by atoms with Gasteiger partial charge >= 0.3 is 0 Å². The standard InChI is InChI=1S/C12H19N.C2H6/c1-4-5-11-6-8-12(9-7-11)13-10(2)3;1-2/h6-10,13H,4-5H2,1-3H3;1-2H3. The maximum atomic E-state index is 3.37. The summed E-state index contributed by atoms with van der Waals surface area (Å²) in [7, 11) is 0. The Kier molecular flexibility index (Phi) is 7.79. The van der Waals surface area contributed by atoms with Crippen LogP contribution in [0.4, 0.5) is 5.69 Å². The summed E-state index contributed by atoms with van der Waals surface area (Å²) in [5, 5.41) is 3.37. The Bertz CT molecular complexity index is 236. The zero-order valence-electron chi connectivity index (χ0n) is 10.8. The van der Waals surface area contributed by atoms with Crippen molar-refractivity contribution in [3.63, 3.8) is 0 Å². The van der Waals surface area contributed by atoms with Gasteiger partial charge < -0.3 is 5.32 Å². The summed E-state index contributed by atoms with van der Waals surface area (Å²) in [6.07, 6.45) is 2.40. The van der Waals surface area contributed by atoms with Gasteiger partial charge in [-0.3, -0.25) is 0 Å². The van der Waals surface area contributed by atoms with Crippen LogP contribution in [0.25, 0.3) is 0 Å². The van der Waals surface area contributed by atoms with Crippen molar-refractivity contribution in [1.29, 1.82) is 0 Å². The van der Waals surface area contributed by atoms with E-state index in [0.717, 1.165) is 0 Å². The van der Waals surface area contributed by atoms with Crippen LogP contribution in [0.3, 0.4) is 0 Å². The van der Waals surface area contributed by atoms with E-state index in [4.69, 9.17) is 0 Å². The molecule has 0 unspecified atom stereocenters. The second kappa shape index (κ2) is 8.34. The molecule has 0 saturated carbocycles. The molecule has 1 heteroatoms. The molecule has 0 aromatic heterocycles. The zero-order chi connectivity index (χ0) is 11.7. The van der Waals surface area contributed by atoms with Crippen LogP contribution in [-0.4, -0.2) is 6.04 Å². The fourth-order valence-corrected chi connectivity index (χ4v) is 1.39. The summed E-state index contributed by atoms with van der Waals surface area (Å²) in [4.78, 5) is 0. The first-order valence-corrected chi connectivity index (χ1v) is 6.08. The number of aryl methyl sites for hydroxylation is 1. The van der Waals surface area contributed by atoms with E-state index in [1.54, 1.807) is 0 Å². The van der Waals surface area contributed by atoms with Gasteiger partial charge in [0.25, 0.3) is 0 Å². The Morgan fingerprint density at radius 3 is 2.00 bits per heavy atom. The van der Waals surface area contributed by atoms with E-state index in [9.17, 15) is 0 Å². The maximum absolute atomic E-state index is 3.37. The summed E-state index contributed by atoms with van der Waals surface area (Å²) in [6.45, 7) is 10.5. The Hall–Kier alpha value is -0.980. The Morgan fingerprint density at radius 2 is 1.60 bits per heavy atom. The minimum Gasteiger partial charge on any atom is -0.383 e. The molecule has 0 aliphatic carbocycles. The molecule has 1 aromatic rings. The third-order valence-corrected chi connectivity index (χ3v) is 1.95. The number of rotatable bonds is 4. The molecule has 0 aliphatic rings. The van der Waals surface area contributed by atoms with Crippen molar-refractivity contribution >= 4 is 5.69 Å². The molecule has 1 aromatic carbocycles. The molecule has 0 atom stereocenters. The van der Waals surface area contributed by atoms with Gasteiger partial charge in [0.05, 0.1) is 0 Å². The largest absolute Gasteiger partial charge is 0.383 e. The van der Waals surface area contributed by atoms with Gasteiger partial charge in [-0.15, -0.1) is 0 Å². The molecule has 1 rings (SSSR count). The fourth-order valence-electron chi connectivity index (χ4n) is 1.39. The smallest absolute Gasteiger partial charge is 0.0342 e. The fraction of sp³-hybridized carbons (Fsp3) is 0.571. The van der Waals surface area contributed by atoms with Crippen LogP contribution in [0.1, 0.15) is 46.6 Å². The van der Waals surface area contributed by atoms with Crippen molar-refractivity contribution in [3.05, 3.63) is 29.8 Å². The highest BCUT2D eigenvalue weighted by atomic mass is 14.9. The molecule has 1 N–H and O–H groups in total. The number of nitrogens with one attached hydrogen (secondary N) is 1. The highest BCUT2D eigenvalue weighted by Crippen LogP contribution is 2.11. The molecule has 0 radical (unpaired) electrons. The molecule has 0 heterocycles. The summed E-state index contributed by atoms with van der Waals surface area (Å²) in [6, 6.07) is 9.23. The molecule has 0 fully saturated rings. The molecular formula is C14H25N. The average Bonchev–Trinajstić information content (AvgIpc) is 2.24. The van der Waals surface area contributed by atoms with Crippen LogP contribution in [0.2, 0.25) is 0 Å². The van der Waals surface area contributed by atoms with E-state index < -0.39 is 0 Å². The van der Waals surface area contributed by atoms with Crippen molar-refractivity contribution in [2.45, 2.75) is 53.5 Å². The van der Waals surface area contributed by atoms with E-state index in [1.165, 1.54) is 24.1 Å². The van der Waals surface area contributed by atoms with Gasteiger partial charge in [0.15, 0.2) is 0 Å². The molecule has 15 heavy (non-hydrogen) atoms. The minimum absolute atomic E-state index is 0.511. The summed E-state index contributed by atoms with van der Waals surface area (Å²) >= 11 is 0. The lowest BCUT2D eigenvalue weighted by Crippen LogP contribution is -2.09. The van der Waals surface area contributed by atoms with Gasteiger partial charge in [0.1, 0.15) is 0 Å². The number of anilines is 1. The van der Waals surface area contributed by atoms with Crippen molar-refractivity contribution in [1.82, 2.24) is 0 Å². The van der Waals surface area contributed by atoms with Crippen molar-refractivity contribution < 1.29 is 0 Å². The first-order chi connectivity index (χ1) is 7.22. The third kappa shape index (κ3) is 6.16. The molecule has 0 saturated heterocycles. The molecule has 0 bridgehead atoms. The van der Waals surface area contributed by atoms with Gasteiger partial charge in [-0.2, -0.15) is 0 Å². The van der Waals surface area contributed by atoms with E-state index in [1.807, 2.05) is 13.8 Å². The second-order valence-corrected chi connectivity index (χ2v) is 3.75. The van der Waals surface area contributed by atoms with Crippen molar-refractivity contribution in [2.75, 3.05) is 5.32 Å². The lowest BCUT2D eigenvalue weighted by atomic mass is 10.1. The Morgan fingerprint density at radius 1 is 1.07 bits per heavy atom. The van der Waals surface area contributed by atoms with E-state index in [2.05, 4.69) is 50.4 Å². The van der Waals surface area contributed by atoms with Gasteiger partial charge in [-0.25, -0.2) is 0 Å². The second-order valence-electron chi connectivity index (χ2n) is 3.75. The predicted octanol–water partition coefficient (Wildman–Crippen LogP) is 4.49. The van der Waals surface area contributed by atoms with Gasteiger partial charge in [0, 0.05) is 11.7 Å². The lowest BCUT2D eigenvalue weighted by Gasteiger charge is -2.10. The molecule has 86 valence electrons. The SMILES string of the molecule is CC.CCCc1ccc(NC(C)C)cc1. The first kappa shape index (κ1) is 14.0. The zero-order valence-corrected chi connectivity index (χ0v) is 10.8. The molecule has 1 nitrogen and oxygen atoms in total. The molecule has 0 spiro atoms. The van der Waals surface area contributed by atoms with Gasteiger partial charge in [-0.1, -0.05) is 39.3 Å². The predicted molar refractivity (Wildman–Crippen MR) is 70.5 cm³/mol. The average molecular weight is 207 g/mol. The lowest BCUT2D eigenvalue weighted by molar-refractivity contribution is 0.896. The van der Waals surface area contributed by atoms with Crippen LogP contribution in [0, 0.1) is 0 Å². The summed E-state index contributed by atoms with van der Waals surface area (Å²) < 4.78 is 0. The van der Waals surface area contributed by atoms with Crippen LogP contribution < -0.4 is 5.32 Å². The minimum atomic E-state index is 0.511. The first-order valence-electron chi connectivity index (χ1n) is 6.08. The van der Waals surface area contributed by atoms with Crippen LogP contribution in [0.15, 0.2) is 24.3 Å². The highest BCUT2D eigenvalue weighted by Gasteiger charge is 1.95. The van der Waals surface area contributed by atoms with E-state index in [-0.39, 0.29) is 0 Å². The highest BCUT2D eigenvalue weighted by molar-refractivity contribution is 5.45. The normalized spacial score (nSPS) is 9.47. The molecule has 0 aliphatic heterocycles. The molecule has 0 amide bonds. The van der Waals surface area contributed by atoms with E-state index in [0.29, 0.717) is 6.04 Å². The number of hydrogen-bond donors (Lipinski definition) is 1. The summed E-state index contributed by atoms with van der Waals surface area (Å²) in [5.74, 6) is 0. The number of benzene rings is 1. The monoisotopic (exact) mass is 207 g/mol. The maximum Gasteiger partial charge on any atom is 0.0342 e. The molecular weight excluding hydrogens is 182 g/mol. The van der Waals surface area contributed by atoms with Crippen molar-refractivity contribution in [3.8, 4) is 0 Å². The number of hydrogen-bond acceptors (Lipinski definition) is 1. The van der Waals surface area contributed by atoms with Crippen LogP contribution in [0.5, 0.6) is 0 Å². The topological polar surface area (TPSA) is 12.0 Å². The van der Waals surface area contributed by atoms with Gasteiger partial charge in [0.2, 0.25) is 0 Å². The summed E-state index contributed by atoms with van der Waals surface area (Å²) in [5.41, 5.74) is 2.65. The third-order valence-electron chi connectivity index (χ3n) is 1.95. The Balaban J connectivity index is 0.000000921. The quantitative estimate of drug-likeness (QED) is 0.767. The van der Waals surface area contributed by atoms with Gasteiger partial charge in [-0.05, 0) is 38.0 Å².